The van der Waals surface area contributed by atoms with Gasteiger partial charge in [0.15, 0.2) is 0 Å². The molecule has 0 fully saturated rings. The summed E-state index contributed by atoms with van der Waals surface area (Å²) in [4.78, 5) is 14.2. The van der Waals surface area contributed by atoms with Crippen LogP contribution >= 0.6 is 12.6 Å². The third-order valence-electron chi connectivity index (χ3n) is 2.50. The highest BCUT2D eigenvalue weighted by molar-refractivity contribution is 7.80. The minimum absolute atomic E-state index is 0.191. The minimum atomic E-state index is -0.191. The molecule has 5 nitrogen and oxygen atoms in total. The summed E-state index contributed by atoms with van der Waals surface area (Å²) in [6.07, 6.45) is 1.48. The van der Waals surface area contributed by atoms with Crippen LogP contribution in [0.5, 0.6) is 0 Å². The van der Waals surface area contributed by atoms with Crippen molar-refractivity contribution in [1.82, 2.24) is 4.98 Å². The Kier molecular flexibility index (Phi) is 5.11. The molecule has 0 saturated carbocycles. The maximum absolute atomic E-state index is 11.0. The molecule has 2 aromatic rings. The normalized spacial score (nSPS) is 10.3. The molecule has 0 aliphatic rings. The van der Waals surface area contributed by atoms with Crippen LogP contribution in [-0.2, 0) is 0 Å². The number of hydrogen-bond donors (Lipinski definition) is 3. The second-order valence-corrected chi connectivity index (χ2v) is 4.64. The molecule has 1 heterocycles. The maximum atomic E-state index is 11.0. The fourth-order valence-electron chi connectivity index (χ4n) is 1.46. The van der Waals surface area contributed by atoms with Gasteiger partial charge in [-0.05, 0) is 24.3 Å². The molecule has 0 atom stereocenters. The van der Waals surface area contributed by atoms with Crippen LogP contribution < -0.4 is 11.3 Å². The number of rotatable bonds is 2. The monoisotopic (exact) mass is 298 g/mol. The number of azo groups is 1. The van der Waals surface area contributed by atoms with Gasteiger partial charge in [0.1, 0.15) is 11.4 Å². The van der Waals surface area contributed by atoms with Crippen LogP contribution in [0.3, 0.4) is 0 Å². The number of pyridine rings is 1. The molecule has 1 aromatic carbocycles. The summed E-state index contributed by atoms with van der Waals surface area (Å²) in [5.74, 6) is 0. The molecule has 0 spiro atoms. The highest BCUT2D eigenvalue weighted by Crippen LogP contribution is 2.23. The number of nitrogens with two attached hydrogens (primary N) is 1. The van der Waals surface area contributed by atoms with Crippen LogP contribution in [-0.4, -0.2) is 4.98 Å². The zero-order chi connectivity index (χ0) is 15.1. The summed E-state index contributed by atoms with van der Waals surface area (Å²) in [5.41, 5.74) is 7.26. The molecule has 2 rings (SSSR count). The average molecular weight is 298 g/mol. The predicted molar refractivity (Wildman–Crippen MR) is 87.0 cm³/mol. The van der Waals surface area contributed by atoms with E-state index in [1.165, 1.54) is 12.3 Å². The molecule has 0 aliphatic heterocycles. The van der Waals surface area contributed by atoms with Crippen molar-refractivity contribution in [1.29, 1.82) is 0 Å². The number of hydrogen-bond acceptors (Lipinski definition) is 5. The van der Waals surface area contributed by atoms with Crippen molar-refractivity contribution < 1.29 is 0 Å². The second-order valence-electron chi connectivity index (χ2n) is 4.12. The predicted octanol–water partition coefficient (Wildman–Crippen LogP) is 3.79. The van der Waals surface area contributed by atoms with E-state index >= 15 is 0 Å². The van der Waals surface area contributed by atoms with Gasteiger partial charge in [0.25, 0.3) is 0 Å². The van der Waals surface area contributed by atoms with Gasteiger partial charge in [-0.3, -0.25) is 4.79 Å². The topological polar surface area (TPSA) is 83.6 Å². The van der Waals surface area contributed by atoms with E-state index in [2.05, 4.69) is 27.8 Å². The summed E-state index contributed by atoms with van der Waals surface area (Å²) in [5, 5.41) is 8.16. The molecule has 0 radical (unpaired) electrons. The summed E-state index contributed by atoms with van der Waals surface area (Å²) in [7, 11) is 0. The number of aromatic amines is 1. The lowest BCUT2D eigenvalue weighted by molar-refractivity contribution is 1.17. The molecule has 0 aliphatic carbocycles. The number of aromatic nitrogens is 1. The molecule has 0 bridgehead atoms. The van der Waals surface area contributed by atoms with Gasteiger partial charge in [0.05, 0.1) is 5.69 Å². The molecule has 1 aromatic heterocycles. The average Bonchev–Trinajstić information content (AvgIpc) is 2.48. The number of nitrogens with one attached hydrogen (secondary N) is 1. The number of thiol groups is 1. The number of nitrogen functional groups attached to an aromatic ring is 1. The van der Waals surface area contributed by atoms with Gasteiger partial charge < -0.3 is 10.7 Å². The van der Waals surface area contributed by atoms with Gasteiger partial charge >= 0.3 is 0 Å². The third-order valence-corrected chi connectivity index (χ3v) is 2.78. The van der Waals surface area contributed by atoms with E-state index in [-0.39, 0.29) is 5.56 Å². The Morgan fingerprint density at radius 3 is 2.48 bits per heavy atom. The van der Waals surface area contributed by atoms with Crippen molar-refractivity contribution in [2.75, 3.05) is 5.73 Å². The van der Waals surface area contributed by atoms with E-state index in [0.29, 0.717) is 22.0 Å². The van der Waals surface area contributed by atoms with Crippen molar-refractivity contribution >= 4 is 29.7 Å². The molecular weight excluding hydrogens is 284 g/mol. The van der Waals surface area contributed by atoms with Gasteiger partial charge in [-0.15, -0.1) is 22.9 Å². The summed E-state index contributed by atoms with van der Waals surface area (Å²) in [6, 6.07) is 15.6. The van der Waals surface area contributed by atoms with E-state index in [9.17, 15) is 4.79 Å². The van der Waals surface area contributed by atoms with E-state index < -0.39 is 0 Å². The first-order valence-corrected chi connectivity index (χ1v) is 6.62. The fraction of sp³-hybridized carbons (Fsp3) is 0. The Hall–Kier alpha value is -2.60. The molecule has 0 unspecified atom stereocenters. The maximum Gasteiger partial charge on any atom is 0.248 e. The van der Waals surface area contributed by atoms with E-state index in [1.54, 1.807) is 18.2 Å². The summed E-state index contributed by atoms with van der Waals surface area (Å²) < 4.78 is 0. The molecular formula is C15H14N4OS. The lowest BCUT2D eigenvalue weighted by atomic mass is 10.3. The quantitative estimate of drug-likeness (QED) is 0.582. The smallest absolute Gasteiger partial charge is 0.248 e. The standard InChI is InChI=1S/C15H14N4OS/c16-13-6-4-2-1-3-5-12(21)9-14(13)19-18-11-7-8-15(20)17-10-11/h1-10,21H,16H2,(H,17,20). The van der Waals surface area contributed by atoms with Crippen LogP contribution in [0.2, 0.25) is 0 Å². The van der Waals surface area contributed by atoms with Gasteiger partial charge in [-0.1, -0.05) is 24.3 Å². The SMILES string of the molecule is Nc1ccccccc(S)cc1N=Nc1ccc(=O)[nH]c1. The van der Waals surface area contributed by atoms with Gasteiger partial charge in [0, 0.05) is 17.2 Å². The second kappa shape index (κ2) is 7.25. The molecule has 21 heavy (non-hydrogen) atoms. The number of H-pyrrole nitrogens is 1. The van der Waals surface area contributed by atoms with Crippen LogP contribution in [0.4, 0.5) is 17.1 Å². The Bertz CT molecular complexity index is 749. The molecule has 3 N–H and O–H groups in total. The van der Waals surface area contributed by atoms with Gasteiger partial charge in [0.2, 0.25) is 5.56 Å². The van der Waals surface area contributed by atoms with Crippen molar-refractivity contribution in [3.8, 4) is 0 Å². The van der Waals surface area contributed by atoms with E-state index in [0.717, 1.165) is 0 Å². The fourth-order valence-corrected chi connectivity index (χ4v) is 1.67. The Morgan fingerprint density at radius 2 is 1.76 bits per heavy atom. The zero-order valence-corrected chi connectivity index (χ0v) is 12.0. The van der Waals surface area contributed by atoms with Crippen molar-refractivity contribution in [3.63, 3.8) is 0 Å². The van der Waals surface area contributed by atoms with Gasteiger partial charge in [-0.25, -0.2) is 0 Å². The van der Waals surface area contributed by atoms with Crippen molar-refractivity contribution in [2.24, 2.45) is 10.2 Å². The zero-order valence-electron chi connectivity index (χ0n) is 11.1. The minimum Gasteiger partial charge on any atom is -0.397 e. The van der Waals surface area contributed by atoms with Crippen LogP contribution in [0, 0.1) is 0 Å². The lowest BCUT2D eigenvalue weighted by Crippen LogP contribution is -1.99. The van der Waals surface area contributed by atoms with Crippen LogP contribution in [0.15, 0.2) is 80.7 Å². The molecule has 106 valence electrons. The number of anilines is 1. The van der Waals surface area contributed by atoms with E-state index in [1.807, 2.05) is 30.3 Å². The van der Waals surface area contributed by atoms with Crippen LogP contribution in [0.25, 0.3) is 0 Å². The summed E-state index contributed by atoms with van der Waals surface area (Å²) >= 11 is 4.33. The third kappa shape index (κ3) is 4.77. The Balaban J connectivity index is 2.45. The highest BCUT2D eigenvalue weighted by atomic mass is 32.1. The van der Waals surface area contributed by atoms with Crippen LogP contribution in [0.1, 0.15) is 0 Å². The van der Waals surface area contributed by atoms with E-state index in [4.69, 9.17) is 5.73 Å². The summed E-state index contributed by atoms with van der Waals surface area (Å²) in [6.45, 7) is 0. The van der Waals surface area contributed by atoms with Gasteiger partial charge in [-0.2, -0.15) is 0 Å². The first-order valence-electron chi connectivity index (χ1n) is 6.17. The molecule has 0 saturated heterocycles. The van der Waals surface area contributed by atoms with Crippen molar-refractivity contribution in [3.05, 3.63) is 71.1 Å². The largest absolute Gasteiger partial charge is 0.397 e. The number of nitrogens with zero attached hydrogens (tertiary/aromatic N) is 2. The first-order chi connectivity index (χ1) is 10.1. The Labute approximate surface area is 127 Å². The highest BCUT2D eigenvalue weighted by Gasteiger charge is 1.95. The molecule has 0 amide bonds. The first kappa shape index (κ1) is 14.8. The Morgan fingerprint density at radius 1 is 1.00 bits per heavy atom. The molecule has 6 heteroatoms. The van der Waals surface area contributed by atoms with Crippen molar-refractivity contribution in [2.45, 2.75) is 4.90 Å². The lowest BCUT2D eigenvalue weighted by Gasteiger charge is -1.96.